The number of methoxy groups -OCH3 is 1. The Labute approximate surface area is 48.8 Å². The third kappa shape index (κ3) is 0.919. The Hall–Kier alpha value is -0.710. The average Bonchev–Trinajstić information content (AvgIpc) is 2.14. The molecule has 0 spiro atoms. The minimum atomic E-state index is -1.28. The highest BCUT2D eigenvalue weighted by molar-refractivity contribution is 7.86. The molecule has 0 aromatic carbocycles. The van der Waals surface area contributed by atoms with Gasteiger partial charge in [-0.15, -0.1) is 5.11 Å². The molecule has 0 fully saturated rings. The van der Waals surface area contributed by atoms with Crippen LogP contribution in [0.2, 0.25) is 0 Å². The van der Waals surface area contributed by atoms with Crippen LogP contribution in [-0.2, 0) is 15.7 Å². The van der Waals surface area contributed by atoms with E-state index in [2.05, 4.69) is 14.4 Å². The fourth-order valence-electron chi connectivity index (χ4n) is 0.303. The van der Waals surface area contributed by atoms with Crippen molar-refractivity contribution in [3.8, 4) is 0 Å². The summed E-state index contributed by atoms with van der Waals surface area (Å²) in [6.07, 6.45) is 0. The van der Waals surface area contributed by atoms with Gasteiger partial charge in [0.05, 0.1) is 12.5 Å². The average molecular weight is 132 g/mol. The molecule has 0 saturated carbocycles. The second kappa shape index (κ2) is 2.04. The predicted octanol–water partition coefficient (Wildman–Crippen LogP) is 0.561. The molecule has 0 bridgehead atoms. The van der Waals surface area contributed by atoms with Gasteiger partial charge >= 0.3 is 0 Å². The summed E-state index contributed by atoms with van der Waals surface area (Å²) < 4.78 is 18.2. The second-order valence-electron chi connectivity index (χ2n) is 1.12. The maximum atomic E-state index is 10.3. The van der Waals surface area contributed by atoms with Crippen molar-refractivity contribution in [1.82, 2.24) is 0 Å². The lowest BCUT2D eigenvalue weighted by Gasteiger charge is -1.86. The molecule has 1 heterocycles. The Balaban J connectivity index is 2.72. The van der Waals surface area contributed by atoms with Crippen LogP contribution in [-0.4, -0.2) is 11.3 Å². The van der Waals surface area contributed by atoms with Crippen molar-refractivity contribution in [2.45, 2.75) is 0 Å². The van der Waals surface area contributed by atoms with Gasteiger partial charge in [-0.1, -0.05) is 4.52 Å². The maximum absolute atomic E-state index is 10.3. The lowest BCUT2D eigenvalue weighted by Crippen LogP contribution is -1.75. The van der Waals surface area contributed by atoms with Crippen LogP contribution < -0.4 is 0 Å². The van der Waals surface area contributed by atoms with Gasteiger partial charge < -0.3 is 4.74 Å². The van der Waals surface area contributed by atoms with Crippen molar-refractivity contribution < 1.29 is 8.95 Å². The summed E-state index contributed by atoms with van der Waals surface area (Å²) in [5.74, 6) is 0.323. The molecule has 0 aromatic rings. The van der Waals surface area contributed by atoms with E-state index in [-0.39, 0.29) is 0 Å². The Kier molecular flexibility index (Phi) is 1.38. The van der Waals surface area contributed by atoms with Crippen molar-refractivity contribution in [3.63, 3.8) is 0 Å². The van der Waals surface area contributed by atoms with Crippen LogP contribution in [0.15, 0.2) is 20.9 Å². The molecule has 4 nitrogen and oxygen atoms in total. The van der Waals surface area contributed by atoms with Crippen LogP contribution in [0.1, 0.15) is 0 Å². The standard InChI is InChI=1S/C3H4N2O2S/c1-7-3-2-8(6)5-4-3/h2H,1H3. The molecule has 0 radical (unpaired) electrons. The molecule has 8 heavy (non-hydrogen) atoms. The summed E-state index contributed by atoms with van der Waals surface area (Å²) in [6, 6.07) is 0. The van der Waals surface area contributed by atoms with E-state index in [9.17, 15) is 4.21 Å². The Morgan fingerprint density at radius 1 is 1.88 bits per heavy atom. The first-order valence-electron chi connectivity index (χ1n) is 1.91. The van der Waals surface area contributed by atoms with Gasteiger partial charge in [-0.2, -0.15) is 0 Å². The summed E-state index contributed by atoms with van der Waals surface area (Å²) >= 11 is 0. The highest BCUT2D eigenvalue weighted by Gasteiger charge is 2.04. The van der Waals surface area contributed by atoms with Crippen molar-refractivity contribution >= 4 is 11.0 Å². The lowest BCUT2D eigenvalue weighted by atomic mass is 10.9. The second-order valence-corrected chi connectivity index (χ2v) is 2.07. The molecule has 1 aliphatic rings. The molecule has 0 amide bonds. The van der Waals surface area contributed by atoms with Crippen molar-refractivity contribution in [1.29, 1.82) is 0 Å². The van der Waals surface area contributed by atoms with Crippen LogP contribution in [0, 0.1) is 0 Å². The quantitative estimate of drug-likeness (QED) is 0.523. The molecule has 0 aliphatic carbocycles. The number of ether oxygens (including phenoxy) is 1. The van der Waals surface area contributed by atoms with Gasteiger partial charge in [0.1, 0.15) is 0 Å². The van der Waals surface area contributed by atoms with E-state index < -0.39 is 11.0 Å². The molecule has 5 heteroatoms. The van der Waals surface area contributed by atoms with Crippen LogP contribution in [0.3, 0.4) is 0 Å². The molecule has 1 atom stereocenters. The molecule has 0 aromatic heterocycles. The number of nitrogens with zero attached hydrogens (tertiary/aromatic N) is 2. The monoisotopic (exact) mass is 132 g/mol. The van der Waals surface area contributed by atoms with Gasteiger partial charge in [-0.05, 0) is 0 Å². The molecular formula is C3H4N2O2S. The van der Waals surface area contributed by atoms with E-state index in [1.54, 1.807) is 0 Å². The molecule has 1 aliphatic heterocycles. The predicted molar refractivity (Wildman–Crippen MR) is 28.1 cm³/mol. The normalized spacial score (nSPS) is 25.6. The molecule has 0 N–H and O–H groups in total. The summed E-state index contributed by atoms with van der Waals surface area (Å²) in [5.41, 5.74) is 0. The largest absolute Gasteiger partial charge is 0.479 e. The third-order valence-corrected chi connectivity index (χ3v) is 1.28. The van der Waals surface area contributed by atoms with Crippen molar-refractivity contribution in [2.24, 2.45) is 9.63 Å². The van der Waals surface area contributed by atoms with E-state index in [0.717, 1.165) is 0 Å². The van der Waals surface area contributed by atoms with Gasteiger partial charge in [-0.25, -0.2) is 4.21 Å². The fraction of sp³-hybridized carbons (Fsp3) is 0.333. The van der Waals surface area contributed by atoms with E-state index in [0.29, 0.717) is 5.88 Å². The van der Waals surface area contributed by atoms with E-state index >= 15 is 0 Å². The van der Waals surface area contributed by atoms with Gasteiger partial charge in [0.25, 0.3) is 0 Å². The summed E-state index contributed by atoms with van der Waals surface area (Å²) in [5, 5.41) is 4.73. The first-order valence-corrected chi connectivity index (χ1v) is 3.08. The molecule has 1 unspecified atom stereocenters. The topological polar surface area (TPSA) is 51.0 Å². The van der Waals surface area contributed by atoms with Crippen LogP contribution in [0.25, 0.3) is 0 Å². The number of hydrogen-bond acceptors (Lipinski definition) is 3. The zero-order valence-electron chi connectivity index (χ0n) is 4.20. The van der Waals surface area contributed by atoms with Crippen LogP contribution in [0.5, 0.6) is 0 Å². The smallest absolute Gasteiger partial charge is 0.244 e. The third-order valence-electron chi connectivity index (χ3n) is 0.631. The Morgan fingerprint density at radius 3 is 2.88 bits per heavy atom. The summed E-state index contributed by atoms with van der Waals surface area (Å²) in [4.78, 5) is 0. The van der Waals surface area contributed by atoms with Crippen molar-refractivity contribution in [3.05, 3.63) is 11.3 Å². The lowest BCUT2D eigenvalue weighted by molar-refractivity contribution is 0.287. The fourth-order valence-corrected chi connectivity index (χ4v) is 0.827. The molecular weight excluding hydrogens is 128 g/mol. The molecule has 1 rings (SSSR count). The highest BCUT2D eigenvalue weighted by atomic mass is 32.2. The van der Waals surface area contributed by atoms with Gasteiger partial charge in [0.15, 0.2) is 11.0 Å². The van der Waals surface area contributed by atoms with Gasteiger partial charge in [0.2, 0.25) is 5.88 Å². The minimum absolute atomic E-state index is 0.323. The zero-order valence-corrected chi connectivity index (χ0v) is 5.01. The SMILES string of the molecule is COC1=CS(=O)N=N1. The summed E-state index contributed by atoms with van der Waals surface area (Å²) in [6.45, 7) is 0. The van der Waals surface area contributed by atoms with Gasteiger partial charge in [-0.3, -0.25) is 0 Å². The Bertz CT molecular complexity index is 174. The van der Waals surface area contributed by atoms with Crippen molar-refractivity contribution in [2.75, 3.05) is 7.11 Å². The van der Waals surface area contributed by atoms with Crippen LogP contribution in [0.4, 0.5) is 0 Å². The zero-order chi connectivity index (χ0) is 5.98. The highest BCUT2D eigenvalue weighted by Crippen LogP contribution is 2.09. The van der Waals surface area contributed by atoms with E-state index in [1.165, 1.54) is 12.5 Å². The first-order chi connectivity index (χ1) is 3.83. The minimum Gasteiger partial charge on any atom is -0.479 e. The van der Waals surface area contributed by atoms with E-state index in [4.69, 9.17) is 0 Å². The summed E-state index contributed by atoms with van der Waals surface area (Å²) in [7, 11) is 0.170. The first kappa shape index (κ1) is 5.43. The number of hydrogen-bond donors (Lipinski definition) is 0. The Morgan fingerprint density at radius 2 is 2.62 bits per heavy atom. The van der Waals surface area contributed by atoms with Gasteiger partial charge in [0, 0.05) is 0 Å². The molecule has 44 valence electrons. The maximum Gasteiger partial charge on any atom is 0.244 e. The molecule has 0 saturated heterocycles. The van der Waals surface area contributed by atoms with Crippen LogP contribution >= 0.6 is 0 Å². The number of rotatable bonds is 1. The van der Waals surface area contributed by atoms with E-state index in [1.807, 2.05) is 0 Å².